The van der Waals surface area contributed by atoms with Crippen molar-refractivity contribution in [2.45, 2.75) is 37.9 Å². The molecule has 0 fully saturated rings. The third-order valence-corrected chi connectivity index (χ3v) is 5.96. The van der Waals surface area contributed by atoms with Crippen molar-refractivity contribution in [1.29, 1.82) is 0 Å². The summed E-state index contributed by atoms with van der Waals surface area (Å²) in [6.07, 6.45) is 5.99. The highest BCUT2D eigenvalue weighted by Crippen LogP contribution is 2.28. The molecule has 0 atom stereocenters. The van der Waals surface area contributed by atoms with E-state index in [1.165, 1.54) is 11.1 Å². The van der Waals surface area contributed by atoms with E-state index < -0.39 is 0 Å². The fraction of sp³-hybridized carbons (Fsp3) is 0.231. The fourth-order valence-electron chi connectivity index (χ4n) is 3.30. The van der Waals surface area contributed by atoms with Gasteiger partial charge in [0.1, 0.15) is 5.76 Å². The quantitative estimate of drug-likeness (QED) is 0.307. The minimum absolute atomic E-state index is 0.118. The normalized spacial score (nSPS) is 12.0. The Morgan fingerprint density at radius 2 is 1.71 bits per heavy atom. The summed E-state index contributed by atoms with van der Waals surface area (Å²) in [6, 6.07) is 22.8. The van der Waals surface area contributed by atoms with Crippen LogP contribution >= 0.6 is 11.8 Å². The van der Waals surface area contributed by atoms with E-state index in [-0.39, 0.29) is 5.41 Å². The number of rotatable bonds is 7. The summed E-state index contributed by atoms with van der Waals surface area (Å²) < 4.78 is 7.73. The van der Waals surface area contributed by atoms with Gasteiger partial charge in [-0.2, -0.15) is 0 Å². The van der Waals surface area contributed by atoms with Gasteiger partial charge in [-0.05, 0) is 28.7 Å². The van der Waals surface area contributed by atoms with Crippen LogP contribution in [-0.4, -0.2) is 20.5 Å². The first kappa shape index (κ1) is 21.2. The van der Waals surface area contributed by atoms with Gasteiger partial charge in [0.2, 0.25) is 0 Å². The van der Waals surface area contributed by atoms with Gasteiger partial charge in [-0.25, -0.2) is 0 Å². The molecule has 4 rings (SSSR count). The zero-order valence-corrected chi connectivity index (χ0v) is 19.0. The van der Waals surface area contributed by atoms with Gasteiger partial charge in [-0.1, -0.05) is 99.3 Å². The molecule has 4 nitrogen and oxygen atoms in total. The van der Waals surface area contributed by atoms with Crippen LogP contribution in [0.3, 0.4) is 0 Å². The Kier molecular flexibility index (Phi) is 6.42. The molecule has 0 radical (unpaired) electrons. The van der Waals surface area contributed by atoms with Gasteiger partial charge in [0.05, 0.1) is 12.8 Å². The van der Waals surface area contributed by atoms with Gasteiger partial charge in [-0.3, -0.25) is 4.57 Å². The van der Waals surface area contributed by atoms with E-state index in [2.05, 4.69) is 84.1 Å². The van der Waals surface area contributed by atoms with Crippen molar-refractivity contribution >= 4 is 17.8 Å². The average Bonchev–Trinajstić information content (AvgIpc) is 3.42. The number of hydrogen-bond donors (Lipinski definition) is 0. The number of benzene rings is 2. The first-order chi connectivity index (χ1) is 15.0. The highest BCUT2D eigenvalue weighted by molar-refractivity contribution is 7.99. The first-order valence-corrected chi connectivity index (χ1v) is 11.4. The van der Waals surface area contributed by atoms with E-state index in [0.717, 1.165) is 28.1 Å². The van der Waals surface area contributed by atoms with Crippen LogP contribution in [0.5, 0.6) is 0 Å². The molecule has 4 aromatic rings. The van der Waals surface area contributed by atoms with Crippen molar-refractivity contribution in [3.8, 4) is 11.4 Å². The predicted molar refractivity (Wildman–Crippen MR) is 128 cm³/mol. The van der Waals surface area contributed by atoms with Crippen LogP contribution in [0.4, 0.5) is 0 Å². The van der Waals surface area contributed by atoms with Crippen LogP contribution in [0.2, 0.25) is 0 Å². The maximum Gasteiger partial charge on any atom is 0.192 e. The van der Waals surface area contributed by atoms with E-state index in [4.69, 9.17) is 4.42 Å². The summed E-state index contributed by atoms with van der Waals surface area (Å²) in [7, 11) is 0. The van der Waals surface area contributed by atoms with E-state index in [0.29, 0.717) is 6.54 Å². The van der Waals surface area contributed by atoms with Gasteiger partial charge in [-0.15, -0.1) is 10.2 Å². The molecule has 158 valence electrons. The first-order valence-electron chi connectivity index (χ1n) is 10.4. The second-order valence-electron chi connectivity index (χ2n) is 8.42. The van der Waals surface area contributed by atoms with Crippen molar-refractivity contribution in [1.82, 2.24) is 14.8 Å². The molecule has 0 N–H and O–H groups in total. The van der Waals surface area contributed by atoms with Crippen molar-refractivity contribution in [3.05, 3.63) is 96.0 Å². The lowest BCUT2D eigenvalue weighted by atomic mass is 9.87. The maximum atomic E-state index is 5.60. The number of thioether (sulfide) groups is 1. The topological polar surface area (TPSA) is 43.9 Å². The Labute approximate surface area is 188 Å². The number of furan rings is 1. The molecule has 2 aromatic carbocycles. The summed E-state index contributed by atoms with van der Waals surface area (Å²) in [4.78, 5) is 0. The number of nitrogens with zero attached hydrogens (tertiary/aromatic N) is 3. The molecule has 2 aromatic heterocycles. The zero-order chi connectivity index (χ0) is 21.7. The Hall–Kier alpha value is -3.05. The van der Waals surface area contributed by atoms with Gasteiger partial charge in [0, 0.05) is 11.3 Å². The molecule has 0 saturated carbocycles. The largest absolute Gasteiger partial charge is 0.467 e. The van der Waals surface area contributed by atoms with Crippen molar-refractivity contribution < 1.29 is 4.42 Å². The summed E-state index contributed by atoms with van der Waals surface area (Å²) in [6.45, 7) is 7.26. The lowest BCUT2D eigenvalue weighted by Gasteiger charge is -2.19. The SMILES string of the molecule is CC(C)(C)c1ccc(-c2nnc(SC/C=C/c3ccccc3)n2Cc2ccco2)cc1. The summed E-state index contributed by atoms with van der Waals surface area (Å²) in [5.74, 6) is 2.55. The third-order valence-electron chi connectivity index (χ3n) is 5.04. The van der Waals surface area contributed by atoms with Crippen molar-refractivity contribution in [3.63, 3.8) is 0 Å². The molecule has 5 heteroatoms. The lowest BCUT2D eigenvalue weighted by Crippen LogP contribution is -2.10. The summed E-state index contributed by atoms with van der Waals surface area (Å²) >= 11 is 1.67. The molecular weight excluding hydrogens is 402 g/mol. The monoisotopic (exact) mass is 429 g/mol. The molecule has 0 spiro atoms. The predicted octanol–water partition coefficient (Wildman–Crippen LogP) is 6.69. The highest BCUT2D eigenvalue weighted by Gasteiger charge is 2.17. The summed E-state index contributed by atoms with van der Waals surface area (Å²) in [5.41, 5.74) is 3.67. The third kappa shape index (κ3) is 5.36. The van der Waals surface area contributed by atoms with Crippen LogP contribution < -0.4 is 0 Å². The minimum Gasteiger partial charge on any atom is -0.467 e. The van der Waals surface area contributed by atoms with Gasteiger partial charge in [0.25, 0.3) is 0 Å². The number of aromatic nitrogens is 3. The molecule has 0 aliphatic rings. The van der Waals surface area contributed by atoms with Gasteiger partial charge >= 0.3 is 0 Å². The standard InChI is InChI=1S/C26H27N3OS/c1-26(2,3)22-15-13-21(14-16-22)24-27-28-25(29(24)19-23-12-7-17-30-23)31-18-8-11-20-9-5-4-6-10-20/h4-17H,18-19H2,1-3H3/b11-8+. The van der Waals surface area contributed by atoms with Crippen LogP contribution in [0, 0.1) is 0 Å². The average molecular weight is 430 g/mol. The van der Waals surface area contributed by atoms with E-state index in [9.17, 15) is 0 Å². The second kappa shape index (κ2) is 9.40. The van der Waals surface area contributed by atoms with Crippen LogP contribution in [-0.2, 0) is 12.0 Å². The van der Waals surface area contributed by atoms with E-state index in [1.807, 2.05) is 30.3 Å². The van der Waals surface area contributed by atoms with Gasteiger partial charge < -0.3 is 4.42 Å². The smallest absolute Gasteiger partial charge is 0.192 e. The second-order valence-corrected chi connectivity index (χ2v) is 9.41. The molecule has 0 saturated heterocycles. The Morgan fingerprint density at radius 1 is 0.935 bits per heavy atom. The van der Waals surface area contributed by atoms with Crippen LogP contribution in [0.25, 0.3) is 17.5 Å². The molecule has 0 amide bonds. The molecule has 0 bridgehead atoms. The molecule has 2 heterocycles. The minimum atomic E-state index is 0.118. The maximum absolute atomic E-state index is 5.60. The Morgan fingerprint density at radius 3 is 2.39 bits per heavy atom. The van der Waals surface area contributed by atoms with Crippen molar-refractivity contribution in [2.24, 2.45) is 0 Å². The van der Waals surface area contributed by atoms with E-state index in [1.54, 1.807) is 18.0 Å². The molecule has 0 unspecified atom stereocenters. The summed E-state index contributed by atoms with van der Waals surface area (Å²) in [5, 5.41) is 9.89. The number of hydrogen-bond acceptors (Lipinski definition) is 4. The molecule has 0 aliphatic heterocycles. The Bertz CT molecular complexity index is 1120. The van der Waals surface area contributed by atoms with Crippen molar-refractivity contribution in [2.75, 3.05) is 5.75 Å². The highest BCUT2D eigenvalue weighted by atomic mass is 32.2. The zero-order valence-electron chi connectivity index (χ0n) is 18.2. The lowest BCUT2D eigenvalue weighted by molar-refractivity contribution is 0.485. The molecule has 31 heavy (non-hydrogen) atoms. The van der Waals surface area contributed by atoms with Gasteiger partial charge in [0.15, 0.2) is 11.0 Å². The Balaban J connectivity index is 1.57. The van der Waals surface area contributed by atoms with Crippen LogP contribution in [0.15, 0.2) is 88.6 Å². The van der Waals surface area contributed by atoms with E-state index >= 15 is 0 Å². The van der Waals surface area contributed by atoms with Crippen LogP contribution in [0.1, 0.15) is 37.7 Å². The fourth-order valence-corrected chi connectivity index (χ4v) is 4.05. The molecular formula is C26H27N3OS. The molecule has 0 aliphatic carbocycles.